The minimum absolute atomic E-state index is 0.141. The van der Waals surface area contributed by atoms with E-state index in [1.54, 1.807) is 30.6 Å². The van der Waals surface area contributed by atoms with Crippen LogP contribution in [0.3, 0.4) is 0 Å². The number of rotatable bonds is 4. The van der Waals surface area contributed by atoms with Crippen molar-refractivity contribution in [3.8, 4) is 0 Å². The Morgan fingerprint density at radius 3 is 2.38 bits per heavy atom. The number of alkyl carbamates (subject to hydrolysis) is 1. The Hall–Kier alpha value is -1.90. The number of hydrogen-bond donors (Lipinski definition) is 2. The monoisotopic (exact) mass is 453 g/mol. The Kier molecular flexibility index (Phi) is 5.50. The topological polar surface area (TPSA) is 99.2 Å². The van der Waals surface area contributed by atoms with Crippen molar-refractivity contribution in [1.29, 1.82) is 0 Å². The summed E-state index contributed by atoms with van der Waals surface area (Å²) in [6.45, 7) is 9.43. The van der Waals surface area contributed by atoms with E-state index in [1.807, 2.05) is 13.8 Å². The van der Waals surface area contributed by atoms with E-state index in [1.165, 1.54) is 0 Å². The van der Waals surface area contributed by atoms with E-state index in [0.717, 1.165) is 0 Å². The molecule has 2 heterocycles. The van der Waals surface area contributed by atoms with Crippen LogP contribution in [0.5, 0.6) is 0 Å². The summed E-state index contributed by atoms with van der Waals surface area (Å²) in [7, 11) is 0. The van der Waals surface area contributed by atoms with Gasteiger partial charge in [0.05, 0.1) is 11.5 Å². The molecule has 4 aliphatic rings. The minimum Gasteiger partial charge on any atom is -0.444 e. The molecule has 2 aliphatic heterocycles. The molecule has 2 saturated heterocycles. The zero-order chi connectivity index (χ0) is 23.6. The number of nitrogens with one attached hydrogen (secondary N) is 1. The molecule has 0 radical (unpaired) electrons. The van der Waals surface area contributed by atoms with Gasteiger partial charge in [-0.15, -0.1) is 0 Å². The summed E-state index contributed by atoms with van der Waals surface area (Å²) in [5.74, 6) is -0.964. The quantitative estimate of drug-likeness (QED) is 0.678. The van der Waals surface area contributed by atoms with Gasteiger partial charge in [-0.25, -0.2) is 9.18 Å². The van der Waals surface area contributed by atoms with Crippen LogP contribution in [0.1, 0.15) is 66.7 Å². The Morgan fingerprint density at radius 1 is 1.19 bits per heavy atom. The zero-order valence-corrected chi connectivity index (χ0v) is 19.7. The smallest absolute Gasteiger partial charge is 0.407 e. The second-order valence-electron chi connectivity index (χ2n) is 11.7. The number of likely N-dealkylation sites (tertiary alicyclic amines) is 2. The molecule has 0 aromatic rings. The first-order valence-corrected chi connectivity index (χ1v) is 11.7. The maximum absolute atomic E-state index is 14.7. The predicted molar refractivity (Wildman–Crippen MR) is 114 cm³/mol. The molecular formula is C23H36FN3O5. The highest BCUT2D eigenvalue weighted by Crippen LogP contribution is 2.53. The number of aliphatic hydroxyl groups is 1. The molecule has 3 unspecified atom stereocenters. The molecular weight excluding hydrogens is 417 g/mol. The number of aliphatic hydroxyl groups excluding tert-OH is 1. The summed E-state index contributed by atoms with van der Waals surface area (Å²) in [6, 6.07) is -1.15. The van der Waals surface area contributed by atoms with Gasteiger partial charge in [-0.1, -0.05) is 0 Å². The molecule has 2 saturated carbocycles. The lowest BCUT2D eigenvalue weighted by atomic mass is 9.92. The van der Waals surface area contributed by atoms with Gasteiger partial charge in [-0.2, -0.15) is 0 Å². The molecule has 2 aliphatic carbocycles. The van der Waals surface area contributed by atoms with Crippen molar-refractivity contribution in [3.05, 3.63) is 0 Å². The molecule has 0 aromatic carbocycles. The Morgan fingerprint density at radius 2 is 1.84 bits per heavy atom. The molecule has 3 amide bonds. The van der Waals surface area contributed by atoms with E-state index >= 15 is 0 Å². The molecule has 4 rings (SSSR count). The number of halogens is 1. The molecule has 4 fully saturated rings. The second kappa shape index (κ2) is 7.57. The molecule has 0 spiro atoms. The molecule has 2 bridgehead atoms. The van der Waals surface area contributed by atoms with Crippen LogP contribution in [-0.2, 0) is 14.3 Å². The molecule has 2 N–H and O–H groups in total. The second-order valence-corrected chi connectivity index (χ2v) is 11.7. The molecule has 5 atom stereocenters. The van der Waals surface area contributed by atoms with Gasteiger partial charge in [-0.3, -0.25) is 9.59 Å². The van der Waals surface area contributed by atoms with Crippen LogP contribution < -0.4 is 5.32 Å². The van der Waals surface area contributed by atoms with Crippen molar-refractivity contribution in [2.75, 3.05) is 13.1 Å². The average molecular weight is 454 g/mol. The first-order valence-electron chi connectivity index (χ1n) is 11.7. The fourth-order valence-electron chi connectivity index (χ4n) is 5.78. The van der Waals surface area contributed by atoms with Crippen LogP contribution in [0.15, 0.2) is 0 Å². The molecule has 32 heavy (non-hydrogen) atoms. The first kappa shape index (κ1) is 23.3. The minimum atomic E-state index is -1.11. The number of carbonyl (C=O) groups excluding carboxylic acids is 3. The predicted octanol–water partition coefficient (Wildman–Crippen LogP) is 1.99. The fourth-order valence-corrected chi connectivity index (χ4v) is 5.78. The number of carbonyl (C=O) groups is 3. The molecule has 0 aromatic heterocycles. The van der Waals surface area contributed by atoms with Crippen LogP contribution in [0.25, 0.3) is 0 Å². The van der Waals surface area contributed by atoms with Crippen LogP contribution in [0.4, 0.5) is 9.18 Å². The van der Waals surface area contributed by atoms with Crippen molar-refractivity contribution >= 4 is 17.9 Å². The summed E-state index contributed by atoms with van der Waals surface area (Å²) in [6.07, 6.45) is 0.110. The number of piperidine rings is 1. The summed E-state index contributed by atoms with van der Waals surface area (Å²) < 4.78 is 20.0. The van der Waals surface area contributed by atoms with E-state index in [4.69, 9.17) is 4.74 Å². The van der Waals surface area contributed by atoms with Crippen molar-refractivity contribution in [3.63, 3.8) is 0 Å². The van der Waals surface area contributed by atoms with Gasteiger partial charge in [0.25, 0.3) is 0 Å². The third-order valence-corrected chi connectivity index (χ3v) is 7.49. The highest BCUT2D eigenvalue weighted by atomic mass is 19.1. The SMILES string of the molecule is CC(C)(C)OC(=O)NCC1(C(=O)N2C3CC([C@@H](F)C3)[C@@H]2C(=O)N2CC(O)CC2(C)C)CC1. The number of fused-ring (bicyclic) bond motifs is 2. The lowest BCUT2D eigenvalue weighted by molar-refractivity contribution is -0.154. The van der Waals surface area contributed by atoms with Crippen LogP contribution in [0, 0.1) is 11.3 Å². The van der Waals surface area contributed by atoms with Gasteiger partial charge in [-0.05, 0) is 66.7 Å². The number of amides is 3. The Bertz CT molecular complexity index is 806. The van der Waals surface area contributed by atoms with Crippen molar-refractivity contribution in [2.45, 2.75) is 102 Å². The van der Waals surface area contributed by atoms with E-state index in [2.05, 4.69) is 5.32 Å². The molecule has 8 nitrogen and oxygen atoms in total. The standard InChI is InChI=1S/C23H36FN3O5/c1-21(2,3)32-20(31)25-12-23(6-7-23)19(30)27-13-8-15(16(24)9-13)17(27)18(29)26-11-14(28)10-22(26,4)5/h13-17,28H,6-12H2,1-5H3,(H,25,31)/t13?,14?,15?,16-,17+/m0/s1. The maximum atomic E-state index is 14.7. The summed E-state index contributed by atoms with van der Waals surface area (Å²) in [5.41, 5.74) is -1.94. The Balaban J connectivity index is 1.51. The van der Waals surface area contributed by atoms with Gasteiger partial charge in [0, 0.05) is 30.6 Å². The van der Waals surface area contributed by atoms with Crippen LogP contribution in [-0.4, -0.2) is 81.4 Å². The highest BCUT2D eigenvalue weighted by molar-refractivity contribution is 5.94. The third kappa shape index (κ3) is 4.08. The fraction of sp³-hybridized carbons (Fsp3) is 0.870. The number of alkyl halides is 1. The van der Waals surface area contributed by atoms with E-state index in [0.29, 0.717) is 25.7 Å². The van der Waals surface area contributed by atoms with E-state index in [-0.39, 0.29) is 37.4 Å². The molecule has 9 heteroatoms. The average Bonchev–Trinajstić information content (AvgIpc) is 3.11. The number of ether oxygens (including phenoxy) is 1. The number of β-amino-alcohol motifs (C(OH)–C–C–N with tert-alkyl or cyclic N) is 1. The number of hydrogen-bond acceptors (Lipinski definition) is 5. The summed E-state index contributed by atoms with van der Waals surface area (Å²) in [4.78, 5) is 42.6. The van der Waals surface area contributed by atoms with Crippen molar-refractivity contribution in [1.82, 2.24) is 15.1 Å². The summed E-state index contributed by atoms with van der Waals surface area (Å²) >= 11 is 0. The lowest BCUT2D eigenvalue weighted by Gasteiger charge is -2.42. The van der Waals surface area contributed by atoms with E-state index in [9.17, 15) is 23.9 Å². The highest BCUT2D eigenvalue weighted by Gasteiger charge is 2.63. The Labute approximate surface area is 188 Å². The van der Waals surface area contributed by atoms with Gasteiger partial charge in [0.2, 0.25) is 11.8 Å². The van der Waals surface area contributed by atoms with Crippen molar-refractivity contribution in [2.24, 2.45) is 11.3 Å². The summed E-state index contributed by atoms with van der Waals surface area (Å²) in [5, 5.41) is 12.8. The van der Waals surface area contributed by atoms with Crippen LogP contribution in [0.2, 0.25) is 0 Å². The lowest BCUT2D eigenvalue weighted by Crippen LogP contribution is -2.60. The third-order valence-electron chi connectivity index (χ3n) is 7.49. The van der Waals surface area contributed by atoms with Gasteiger partial charge in [0.1, 0.15) is 17.8 Å². The van der Waals surface area contributed by atoms with E-state index < -0.39 is 46.9 Å². The normalized spacial score (nSPS) is 34.5. The van der Waals surface area contributed by atoms with Gasteiger partial charge >= 0.3 is 6.09 Å². The van der Waals surface area contributed by atoms with Gasteiger partial charge < -0.3 is 25.0 Å². The molecule has 180 valence electrons. The van der Waals surface area contributed by atoms with Crippen LogP contribution >= 0.6 is 0 Å². The zero-order valence-electron chi connectivity index (χ0n) is 19.7. The number of nitrogens with zero attached hydrogens (tertiary/aromatic N) is 2. The van der Waals surface area contributed by atoms with Crippen molar-refractivity contribution < 1.29 is 28.6 Å². The first-order chi connectivity index (χ1) is 14.7. The largest absolute Gasteiger partial charge is 0.444 e. The maximum Gasteiger partial charge on any atom is 0.407 e. The van der Waals surface area contributed by atoms with Gasteiger partial charge in [0.15, 0.2) is 0 Å².